The van der Waals surface area contributed by atoms with E-state index < -0.39 is 0 Å². The molecule has 0 saturated heterocycles. The number of nitrogens with zero attached hydrogens (tertiary/aromatic N) is 2. The van der Waals surface area contributed by atoms with Crippen molar-refractivity contribution in [1.82, 2.24) is 4.98 Å². The first-order valence-electron chi connectivity index (χ1n) is 8.80. The van der Waals surface area contributed by atoms with Gasteiger partial charge in [-0.1, -0.05) is 23.7 Å². The van der Waals surface area contributed by atoms with Crippen molar-refractivity contribution in [2.24, 2.45) is 0 Å². The normalized spacial score (nSPS) is 11.2. The fourth-order valence-corrected chi connectivity index (χ4v) is 4.55. The van der Waals surface area contributed by atoms with Gasteiger partial charge in [0.05, 0.1) is 17.9 Å². The number of thiophene rings is 1. The predicted molar refractivity (Wildman–Crippen MR) is 120 cm³/mol. The quantitative estimate of drug-likeness (QED) is 0.357. The molecule has 1 aromatic carbocycles. The summed E-state index contributed by atoms with van der Waals surface area (Å²) >= 11 is 8.77. The molecule has 8 heteroatoms. The van der Waals surface area contributed by atoms with Gasteiger partial charge < -0.3 is 10.1 Å². The van der Waals surface area contributed by atoms with Crippen molar-refractivity contribution in [2.75, 3.05) is 11.9 Å². The van der Waals surface area contributed by atoms with Gasteiger partial charge >= 0.3 is 5.97 Å². The third-order valence-corrected chi connectivity index (χ3v) is 6.47. The van der Waals surface area contributed by atoms with Crippen LogP contribution in [0.15, 0.2) is 35.8 Å². The summed E-state index contributed by atoms with van der Waals surface area (Å²) in [6.45, 7) is 5.91. The van der Waals surface area contributed by atoms with Crippen LogP contribution in [-0.4, -0.2) is 17.6 Å². The molecule has 0 aliphatic carbocycles. The highest BCUT2D eigenvalue weighted by molar-refractivity contribution is 7.16. The molecule has 1 N–H and O–H groups in total. The molecule has 0 aliphatic rings. The van der Waals surface area contributed by atoms with E-state index in [4.69, 9.17) is 16.3 Å². The smallest absolute Gasteiger partial charge is 0.341 e. The average Bonchev–Trinajstić information content (AvgIpc) is 3.29. The molecule has 5 nitrogen and oxygen atoms in total. The summed E-state index contributed by atoms with van der Waals surface area (Å²) in [5.41, 5.74) is 3.47. The maximum atomic E-state index is 12.3. The lowest BCUT2D eigenvalue weighted by atomic mass is 10.1. The second-order valence-electron chi connectivity index (χ2n) is 6.07. The number of benzene rings is 1. The van der Waals surface area contributed by atoms with Gasteiger partial charge in [0.1, 0.15) is 21.7 Å². The Morgan fingerprint density at radius 2 is 2.07 bits per heavy atom. The highest BCUT2D eigenvalue weighted by atomic mass is 35.5. The SMILES string of the molecule is CCOC(=O)c1c(N/C=C(/C#N)c2nc(-c3ccc(Cl)cc3)cs2)sc(C)c1C. The molecule has 0 spiro atoms. The van der Waals surface area contributed by atoms with Gasteiger partial charge in [0.2, 0.25) is 0 Å². The zero-order chi connectivity index (χ0) is 21.0. The van der Waals surface area contributed by atoms with E-state index >= 15 is 0 Å². The third kappa shape index (κ3) is 4.67. The number of ether oxygens (including phenoxy) is 1. The molecule has 0 aliphatic heterocycles. The van der Waals surface area contributed by atoms with E-state index in [-0.39, 0.29) is 5.97 Å². The second kappa shape index (κ2) is 9.23. The van der Waals surface area contributed by atoms with E-state index in [1.807, 2.05) is 31.4 Å². The highest BCUT2D eigenvalue weighted by Crippen LogP contribution is 2.34. The van der Waals surface area contributed by atoms with Gasteiger partial charge in [-0.05, 0) is 38.5 Å². The Labute approximate surface area is 182 Å². The number of anilines is 1. The Kier molecular flexibility index (Phi) is 6.70. The van der Waals surface area contributed by atoms with Gasteiger partial charge in [0, 0.05) is 27.0 Å². The van der Waals surface area contributed by atoms with Crippen molar-refractivity contribution < 1.29 is 9.53 Å². The summed E-state index contributed by atoms with van der Waals surface area (Å²) < 4.78 is 5.16. The van der Waals surface area contributed by atoms with Crippen molar-refractivity contribution in [2.45, 2.75) is 20.8 Å². The number of aryl methyl sites for hydroxylation is 1. The monoisotopic (exact) mass is 443 g/mol. The topological polar surface area (TPSA) is 75.0 Å². The van der Waals surface area contributed by atoms with E-state index in [9.17, 15) is 10.1 Å². The van der Waals surface area contributed by atoms with Crippen LogP contribution in [0.3, 0.4) is 0 Å². The van der Waals surface area contributed by atoms with E-state index in [1.165, 1.54) is 22.7 Å². The number of thiazole rings is 1. The lowest BCUT2D eigenvalue weighted by Crippen LogP contribution is -2.07. The van der Waals surface area contributed by atoms with Crippen molar-refractivity contribution >= 4 is 50.8 Å². The minimum Gasteiger partial charge on any atom is -0.462 e. The Bertz CT molecular complexity index is 1110. The maximum absolute atomic E-state index is 12.3. The summed E-state index contributed by atoms with van der Waals surface area (Å²) in [5, 5.41) is 16.5. The number of halogens is 1. The number of allylic oxidation sites excluding steroid dienone is 1. The van der Waals surface area contributed by atoms with Gasteiger partial charge in [-0.2, -0.15) is 5.26 Å². The summed E-state index contributed by atoms with van der Waals surface area (Å²) in [4.78, 5) is 17.9. The standard InChI is InChI=1S/C21H18ClN3O2S2/c1-4-27-21(26)18-12(2)13(3)29-20(18)24-10-15(9-23)19-25-17(11-28-19)14-5-7-16(22)8-6-14/h5-8,10-11,24H,4H2,1-3H3/b15-10-. The number of hydrogen-bond acceptors (Lipinski definition) is 7. The largest absolute Gasteiger partial charge is 0.462 e. The molecule has 29 heavy (non-hydrogen) atoms. The Hall–Kier alpha value is -2.66. The number of carbonyl (C=O) groups is 1. The number of hydrogen-bond donors (Lipinski definition) is 1. The van der Waals surface area contributed by atoms with E-state index in [0.717, 1.165) is 21.7 Å². The molecule has 2 aromatic heterocycles. The average molecular weight is 444 g/mol. The molecule has 148 valence electrons. The highest BCUT2D eigenvalue weighted by Gasteiger charge is 2.20. The van der Waals surface area contributed by atoms with Crippen LogP contribution in [0.25, 0.3) is 16.8 Å². The second-order valence-corrected chi connectivity index (χ2v) is 8.59. The molecule has 3 aromatic rings. The van der Waals surface area contributed by atoms with Crippen LogP contribution < -0.4 is 5.32 Å². The van der Waals surface area contributed by atoms with Gasteiger partial charge in [0.15, 0.2) is 0 Å². The first-order valence-corrected chi connectivity index (χ1v) is 10.9. The van der Waals surface area contributed by atoms with Crippen molar-refractivity contribution in [3.05, 3.63) is 61.9 Å². The lowest BCUT2D eigenvalue weighted by molar-refractivity contribution is 0.0527. The molecular weight excluding hydrogens is 426 g/mol. The molecule has 0 unspecified atom stereocenters. The molecule has 0 radical (unpaired) electrons. The Morgan fingerprint density at radius 3 is 2.72 bits per heavy atom. The van der Waals surface area contributed by atoms with Crippen LogP contribution in [0, 0.1) is 25.2 Å². The maximum Gasteiger partial charge on any atom is 0.341 e. The van der Waals surface area contributed by atoms with E-state index in [2.05, 4.69) is 16.4 Å². The summed E-state index contributed by atoms with van der Waals surface area (Å²) in [6, 6.07) is 9.55. The molecule has 0 atom stereocenters. The van der Waals surface area contributed by atoms with Crippen LogP contribution in [-0.2, 0) is 4.74 Å². The molecule has 0 fully saturated rings. The zero-order valence-electron chi connectivity index (χ0n) is 16.1. The van der Waals surface area contributed by atoms with E-state index in [1.54, 1.807) is 25.3 Å². The number of rotatable bonds is 6. The number of nitrogens with one attached hydrogen (secondary N) is 1. The minimum atomic E-state index is -0.372. The van der Waals surface area contributed by atoms with Crippen LogP contribution in [0.4, 0.5) is 5.00 Å². The molecule has 0 bridgehead atoms. The molecular formula is C21H18ClN3O2S2. The number of esters is 1. The number of carbonyl (C=O) groups excluding carboxylic acids is 1. The fourth-order valence-electron chi connectivity index (χ4n) is 2.61. The summed E-state index contributed by atoms with van der Waals surface area (Å²) in [6.07, 6.45) is 1.58. The summed E-state index contributed by atoms with van der Waals surface area (Å²) in [7, 11) is 0. The molecule has 2 heterocycles. The molecule has 0 saturated carbocycles. The minimum absolute atomic E-state index is 0.304. The van der Waals surface area contributed by atoms with Crippen LogP contribution >= 0.6 is 34.3 Å². The van der Waals surface area contributed by atoms with Gasteiger partial charge in [-0.3, -0.25) is 0 Å². The first-order chi connectivity index (χ1) is 13.9. The van der Waals surface area contributed by atoms with Gasteiger partial charge in [-0.15, -0.1) is 22.7 Å². The van der Waals surface area contributed by atoms with Crippen molar-refractivity contribution in [3.8, 4) is 17.3 Å². The molecule has 0 amide bonds. The lowest BCUT2D eigenvalue weighted by Gasteiger charge is -2.05. The third-order valence-electron chi connectivity index (χ3n) is 4.21. The predicted octanol–water partition coefficient (Wildman–Crippen LogP) is 6.30. The first kappa shape index (κ1) is 21.1. The van der Waals surface area contributed by atoms with Gasteiger partial charge in [0.25, 0.3) is 0 Å². The number of nitriles is 1. The van der Waals surface area contributed by atoms with Crippen LogP contribution in [0.2, 0.25) is 5.02 Å². The fraction of sp³-hybridized carbons (Fsp3) is 0.190. The van der Waals surface area contributed by atoms with Crippen LogP contribution in [0.1, 0.15) is 32.7 Å². The van der Waals surface area contributed by atoms with Crippen molar-refractivity contribution in [1.29, 1.82) is 5.26 Å². The summed E-state index contributed by atoms with van der Waals surface area (Å²) in [5.74, 6) is -0.372. The van der Waals surface area contributed by atoms with E-state index in [0.29, 0.717) is 32.8 Å². The Balaban J connectivity index is 1.87. The van der Waals surface area contributed by atoms with Crippen LogP contribution in [0.5, 0.6) is 0 Å². The zero-order valence-corrected chi connectivity index (χ0v) is 18.5. The van der Waals surface area contributed by atoms with Crippen molar-refractivity contribution in [3.63, 3.8) is 0 Å². The Morgan fingerprint density at radius 1 is 1.34 bits per heavy atom. The molecule has 3 rings (SSSR count). The number of aromatic nitrogens is 1. The van der Waals surface area contributed by atoms with Gasteiger partial charge in [-0.25, -0.2) is 9.78 Å².